The number of rotatable bonds is 4. The Morgan fingerprint density at radius 1 is 1.53 bits per heavy atom. The Morgan fingerprint density at radius 2 is 2.26 bits per heavy atom. The lowest BCUT2D eigenvalue weighted by Crippen LogP contribution is -2.32. The van der Waals surface area contributed by atoms with Gasteiger partial charge in [-0.1, -0.05) is 17.7 Å². The summed E-state index contributed by atoms with van der Waals surface area (Å²) in [6.45, 7) is 2.34. The third kappa shape index (κ3) is 3.46. The minimum Gasteiger partial charge on any atom is -0.309 e. The average molecular weight is 306 g/mol. The van der Waals surface area contributed by atoms with E-state index in [0.717, 1.165) is 12.0 Å². The molecule has 1 aliphatic heterocycles. The summed E-state index contributed by atoms with van der Waals surface area (Å²) in [6.07, 6.45) is 1.46. The van der Waals surface area contributed by atoms with Crippen LogP contribution < -0.4 is 5.32 Å². The van der Waals surface area contributed by atoms with Crippen molar-refractivity contribution >= 4 is 21.4 Å². The van der Waals surface area contributed by atoms with Gasteiger partial charge in [-0.2, -0.15) is 0 Å². The van der Waals surface area contributed by atoms with Crippen molar-refractivity contribution in [2.24, 2.45) is 0 Å². The summed E-state index contributed by atoms with van der Waals surface area (Å²) < 4.78 is 36.5. The Hall–Kier alpha value is -0.650. The van der Waals surface area contributed by atoms with E-state index in [2.05, 4.69) is 5.32 Å². The van der Waals surface area contributed by atoms with Gasteiger partial charge in [0.25, 0.3) is 0 Å². The number of sulfone groups is 1. The zero-order chi connectivity index (χ0) is 14.0. The van der Waals surface area contributed by atoms with Crippen LogP contribution >= 0.6 is 11.6 Å². The van der Waals surface area contributed by atoms with Crippen LogP contribution in [0.3, 0.4) is 0 Å². The van der Waals surface area contributed by atoms with Crippen molar-refractivity contribution in [3.05, 3.63) is 34.6 Å². The minimum atomic E-state index is -2.93. The minimum absolute atomic E-state index is 0.0612. The summed E-state index contributed by atoms with van der Waals surface area (Å²) in [5, 5.41) is 2.97. The average Bonchev–Trinajstić information content (AvgIpc) is 2.69. The van der Waals surface area contributed by atoms with Crippen molar-refractivity contribution in [2.45, 2.75) is 31.1 Å². The van der Waals surface area contributed by atoms with Crippen molar-refractivity contribution in [3.8, 4) is 0 Å². The molecule has 1 aromatic rings. The van der Waals surface area contributed by atoms with Crippen molar-refractivity contribution in [1.82, 2.24) is 5.32 Å². The third-order valence-electron chi connectivity index (χ3n) is 3.56. The molecule has 0 amide bonds. The molecule has 106 valence electrons. The fourth-order valence-electron chi connectivity index (χ4n) is 2.30. The Balaban J connectivity index is 1.98. The lowest BCUT2D eigenvalue weighted by Gasteiger charge is -2.17. The van der Waals surface area contributed by atoms with E-state index in [1.165, 1.54) is 6.07 Å². The van der Waals surface area contributed by atoms with Gasteiger partial charge in [-0.15, -0.1) is 0 Å². The van der Waals surface area contributed by atoms with Crippen molar-refractivity contribution in [3.63, 3.8) is 0 Å². The Morgan fingerprint density at radius 3 is 2.84 bits per heavy atom. The molecule has 0 aliphatic carbocycles. The van der Waals surface area contributed by atoms with Gasteiger partial charge in [0.1, 0.15) is 5.82 Å². The van der Waals surface area contributed by atoms with E-state index in [1.807, 2.05) is 6.92 Å². The standard InChI is InChI=1S/C13H17ClFNO2S/c1-9(10-4-5-13(15)12(14)7-10)16-8-11-3-2-6-19(11,17)18/h4-5,7,9,11,16H,2-3,6,8H2,1H3. The van der Waals surface area contributed by atoms with Crippen LogP contribution in [0, 0.1) is 5.82 Å². The molecule has 0 saturated carbocycles. The van der Waals surface area contributed by atoms with Crippen LogP contribution in [0.4, 0.5) is 4.39 Å². The van der Waals surface area contributed by atoms with Crippen LogP contribution in [0.2, 0.25) is 5.02 Å². The van der Waals surface area contributed by atoms with Gasteiger partial charge in [-0.3, -0.25) is 0 Å². The fraction of sp³-hybridized carbons (Fsp3) is 0.538. The van der Waals surface area contributed by atoms with E-state index >= 15 is 0 Å². The zero-order valence-electron chi connectivity index (χ0n) is 10.7. The van der Waals surface area contributed by atoms with Crippen molar-refractivity contribution < 1.29 is 12.8 Å². The monoisotopic (exact) mass is 305 g/mol. The molecule has 1 aromatic carbocycles. The summed E-state index contributed by atoms with van der Waals surface area (Å²) in [5.41, 5.74) is 0.849. The second-order valence-corrected chi connectivity index (χ2v) is 7.74. The summed E-state index contributed by atoms with van der Waals surface area (Å²) in [7, 11) is -2.93. The highest BCUT2D eigenvalue weighted by molar-refractivity contribution is 7.92. The molecular weight excluding hydrogens is 289 g/mol. The molecule has 2 atom stereocenters. The lowest BCUT2D eigenvalue weighted by atomic mass is 10.1. The molecule has 1 N–H and O–H groups in total. The second kappa shape index (κ2) is 5.77. The van der Waals surface area contributed by atoms with Crippen LogP contribution in [0.15, 0.2) is 18.2 Å². The van der Waals surface area contributed by atoms with E-state index in [9.17, 15) is 12.8 Å². The van der Waals surface area contributed by atoms with E-state index in [4.69, 9.17) is 11.6 Å². The summed E-state index contributed by atoms with van der Waals surface area (Å²) >= 11 is 5.73. The van der Waals surface area contributed by atoms with Crippen LogP contribution in [-0.4, -0.2) is 26.0 Å². The number of benzene rings is 1. The molecule has 1 aliphatic rings. The summed E-state index contributed by atoms with van der Waals surface area (Å²) in [6, 6.07) is 4.48. The maximum atomic E-state index is 13.1. The lowest BCUT2D eigenvalue weighted by molar-refractivity contribution is 0.537. The third-order valence-corrected chi connectivity index (χ3v) is 6.12. The molecule has 0 bridgehead atoms. The molecule has 1 heterocycles. The van der Waals surface area contributed by atoms with Gasteiger partial charge < -0.3 is 5.32 Å². The molecule has 6 heteroatoms. The second-order valence-electron chi connectivity index (χ2n) is 4.93. The summed E-state index contributed by atoms with van der Waals surface area (Å²) in [5.74, 6) is -0.160. The smallest absolute Gasteiger partial charge is 0.154 e. The van der Waals surface area contributed by atoms with Crippen LogP contribution in [-0.2, 0) is 9.84 Å². The van der Waals surface area contributed by atoms with Crippen molar-refractivity contribution in [1.29, 1.82) is 0 Å². The van der Waals surface area contributed by atoms with Gasteiger partial charge in [0.05, 0.1) is 16.0 Å². The van der Waals surface area contributed by atoms with E-state index in [0.29, 0.717) is 13.0 Å². The number of hydrogen-bond donors (Lipinski definition) is 1. The Labute approximate surface area is 118 Å². The first-order valence-electron chi connectivity index (χ1n) is 6.30. The molecule has 19 heavy (non-hydrogen) atoms. The fourth-order valence-corrected chi connectivity index (χ4v) is 4.26. The number of halogens is 2. The molecule has 2 unspecified atom stereocenters. The topological polar surface area (TPSA) is 46.2 Å². The van der Waals surface area contributed by atoms with Crippen LogP contribution in [0.1, 0.15) is 31.4 Å². The molecule has 0 spiro atoms. The zero-order valence-corrected chi connectivity index (χ0v) is 12.3. The first-order valence-corrected chi connectivity index (χ1v) is 8.39. The Kier molecular flexibility index (Phi) is 4.48. The van der Waals surface area contributed by atoms with Gasteiger partial charge in [-0.25, -0.2) is 12.8 Å². The first-order chi connectivity index (χ1) is 8.90. The van der Waals surface area contributed by atoms with Gasteiger partial charge in [0.2, 0.25) is 0 Å². The van der Waals surface area contributed by atoms with E-state index in [1.54, 1.807) is 12.1 Å². The van der Waals surface area contributed by atoms with Gasteiger partial charge >= 0.3 is 0 Å². The highest BCUT2D eigenvalue weighted by Crippen LogP contribution is 2.23. The largest absolute Gasteiger partial charge is 0.309 e. The SMILES string of the molecule is CC(NCC1CCCS1(=O)=O)c1ccc(F)c(Cl)c1. The van der Waals surface area contributed by atoms with Gasteiger partial charge in [0, 0.05) is 12.6 Å². The highest BCUT2D eigenvalue weighted by atomic mass is 35.5. The molecule has 3 nitrogen and oxygen atoms in total. The van der Waals surface area contributed by atoms with Gasteiger partial charge in [0.15, 0.2) is 9.84 Å². The predicted molar refractivity (Wildman–Crippen MR) is 74.6 cm³/mol. The number of nitrogens with one attached hydrogen (secondary N) is 1. The molecular formula is C13H17ClFNO2S. The predicted octanol–water partition coefficient (Wildman–Crippen LogP) is 2.71. The van der Waals surface area contributed by atoms with Crippen LogP contribution in [0.5, 0.6) is 0 Å². The highest BCUT2D eigenvalue weighted by Gasteiger charge is 2.31. The number of hydrogen-bond acceptors (Lipinski definition) is 3. The molecule has 1 fully saturated rings. The molecule has 0 radical (unpaired) electrons. The molecule has 1 saturated heterocycles. The summed E-state index contributed by atoms with van der Waals surface area (Å²) in [4.78, 5) is 0. The van der Waals surface area contributed by atoms with Gasteiger partial charge in [-0.05, 0) is 37.5 Å². The normalized spacial score (nSPS) is 23.4. The maximum Gasteiger partial charge on any atom is 0.154 e. The van der Waals surface area contributed by atoms with E-state index < -0.39 is 15.7 Å². The maximum absolute atomic E-state index is 13.1. The van der Waals surface area contributed by atoms with Crippen LogP contribution in [0.25, 0.3) is 0 Å². The van der Waals surface area contributed by atoms with E-state index in [-0.39, 0.29) is 22.1 Å². The first kappa shape index (κ1) is 14.8. The quantitative estimate of drug-likeness (QED) is 0.930. The molecule has 0 aromatic heterocycles. The molecule has 2 rings (SSSR count). The Bertz CT molecular complexity index is 562. The van der Waals surface area contributed by atoms with Crippen molar-refractivity contribution in [2.75, 3.05) is 12.3 Å².